The van der Waals surface area contributed by atoms with Gasteiger partial charge in [0.05, 0.1) is 12.6 Å². The summed E-state index contributed by atoms with van der Waals surface area (Å²) in [5.74, 6) is -0.767. The fraction of sp³-hybridized carbons (Fsp3) is 0.292. The van der Waals surface area contributed by atoms with Gasteiger partial charge < -0.3 is 20.4 Å². The number of hydrogen-bond acceptors (Lipinski definition) is 4. The van der Waals surface area contributed by atoms with Crippen LogP contribution in [0.25, 0.3) is 10.9 Å². The Labute approximate surface area is 184 Å². The first-order chi connectivity index (χ1) is 15.5. The van der Waals surface area contributed by atoms with E-state index in [1.807, 2.05) is 24.3 Å². The largest absolute Gasteiger partial charge is 0.378 e. The summed E-state index contributed by atoms with van der Waals surface area (Å²) in [4.78, 5) is 40.4. The molecule has 0 radical (unpaired) electrons. The quantitative estimate of drug-likeness (QED) is 0.473. The second-order valence-electron chi connectivity index (χ2n) is 8.39. The number of aryl methyl sites for hydroxylation is 1. The normalized spacial score (nSPS) is 22.7. The number of aromatic nitrogens is 1. The Kier molecular flexibility index (Phi) is 4.94. The second-order valence-corrected chi connectivity index (χ2v) is 8.39. The number of nitrogens with one attached hydrogen (secondary N) is 4. The Bertz CT molecular complexity index is 1220. The van der Waals surface area contributed by atoms with Crippen LogP contribution in [0.4, 0.5) is 4.79 Å². The van der Waals surface area contributed by atoms with Gasteiger partial charge in [0, 0.05) is 28.8 Å². The van der Waals surface area contributed by atoms with Crippen LogP contribution in [0.5, 0.6) is 0 Å². The average molecular weight is 432 g/mol. The van der Waals surface area contributed by atoms with Crippen LogP contribution in [0.3, 0.4) is 0 Å². The zero-order chi connectivity index (χ0) is 22.3. The first kappa shape index (κ1) is 20.3. The van der Waals surface area contributed by atoms with Crippen LogP contribution in [0, 0.1) is 6.92 Å². The van der Waals surface area contributed by atoms with E-state index in [9.17, 15) is 14.4 Å². The summed E-state index contributed by atoms with van der Waals surface area (Å²) in [7, 11) is 0. The van der Waals surface area contributed by atoms with E-state index in [2.05, 4.69) is 40.0 Å². The number of fused-ring (bicyclic) bond motifs is 1. The third kappa shape index (κ3) is 3.42. The number of amides is 4. The van der Waals surface area contributed by atoms with Crippen molar-refractivity contribution in [1.82, 2.24) is 20.9 Å². The van der Waals surface area contributed by atoms with Crippen LogP contribution >= 0.6 is 0 Å². The lowest BCUT2D eigenvalue weighted by atomic mass is 9.86. The predicted octanol–water partition coefficient (Wildman–Crippen LogP) is 2.16. The molecule has 0 saturated carbocycles. The number of ether oxygens (including phenoxy) is 1. The number of rotatable bonds is 4. The molecule has 2 saturated heterocycles. The fourth-order valence-electron chi connectivity index (χ4n) is 4.61. The molecule has 3 heterocycles. The molecule has 0 bridgehead atoms. The molecule has 32 heavy (non-hydrogen) atoms. The van der Waals surface area contributed by atoms with Crippen molar-refractivity contribution in [2.24, 2.45) is 0 Å². The number of carbonyl (C=O) groups excluding carboxylic acids is 3. The second kappa shape index (κ2) is 7.80. The van der Waals surface area contributed by atoms with Gasteiger partial charge in [0.1, 0.15) is 0 Å². The highest BCUT2D eigenvalue weighted by atomic mass is 16.5. The van der Waals surface area contributed by atoms with Crippen molar-refractivity contribution in [2.45, 2.75) is 31.3 Å². The molecule has 2 atom stereocenters. The Morgan fingerprint density at radius 1 is 1.16 bits per heavy atom. The third-order valence-corrected chi connectivity index (χ3v) is 6.37. The number of hydrogen-bond donors (Lipinski definition) is 4. The molecule has 3 aromatic rings. The minimum absolute atomic E-state index is 0.0262. The van der Waals surface area contributed by atoms with Gasteiger partial charge >= 0.3 is 6.03 Å². The molecule has 1 spiro atoms. The zero-order valence-electron chi connectivity index (χ0n) is 17.7. The van der Waals surface area contributed by atoms with Crippen LogP contribution in [0.15, 0.2) is 48.5 Å². The van der Waals surface area contributed by atoms with Gasteiger partial charge in [-0.25, -0.2) is 4.79 Å². The lowest BCUT2D eigenvalue weighted by Gasteiger charge is -2.38. The summed E-state index contributed by atoms with van der Waals surface area (Å²) >= 11 is 0. The van der Waals surface area contributed by atoms with E-state index >= 15 is 0 Å². The van der Waals surface area contributed by atoms with Crippen molar-refractivity contribution in [3.05, 3.63) is 70.9 Å². The van der Waals surface area contributed by atoms with Crippen LogP contribution in [-0.2, 0) is 16.0 Å². The Hall–Kier alpha value is -3.65. The molecule has 2 aliphatic rings. The molecule has 0 aliphatic carbocycles. The molecule has 8 nitrogen and oxygen atoms in total. The Morgan fingerprint density at radius 2 is 1.94 bits per heavy atom. The van der Waals surface area contributed by atoms with Crippen LogP contribution in [0.2, 0.25) is 0 Å². The van der Waals surface area contributed by atoms with E-state index in [4.69, 9.17) is 4.74 Å². The van der Waals surface area contributed by atoms with E-state index in [1.165, 1.54) is 10.9 Å². The Morgan fingerprint density at radius 3 is 2.69 bits per heavy atom. The van der Waals surface area contributed by atoms with Gasteiger partial charge in [0.2, 0.25) is 0 Å². The number of aromatic amines is 1. The summed E-state index contributed by atoms with van der Waals surface area (Å²) < 4.78 is 5.42. The van der Waals surface area contributed by atoms with Crippen LogP contribution in [0.1, 0.15) is 33.6 Å². The van der Waals surface area contributed by atoms with Gasteiger partial charge in [-0.2, -0.15) is 0 Å². The summed E-state index contributed by atoms with van der Waals surface area (Å²) in [6.07, 6.45) is 1.18. The van der Waals surface area contributed by atoms with Crippen LogP contribution < -0.4 is 16.0 Å². The molecule has 4 N–H and O–H groups in total. The minimum Gasteiger partial charge on any atom is -0.378 e. The van der Waals surface area contributed by atoms with Gasteiger partial charge in [0.25, 0.3) is 11.8 Å². The number of urea groups is 1. The Balaban J connectivity index is 1.31. The molecule has 2 aromatic carbocycles. The number of carbonyl (C=O) groups is 3. The highest BCUT2D eigenvalue weighted by Crippen LogP contribution is 2.26. The topological polar surface area (TPSA) is 112 Å². The summed E-state index contributed by atoms with van der Waals surface area (Å²) in [5, 5.41) is 9.00. The van der Waals surface area contributed by atoms with Gasteiger partial charge in [-0.3, -0.25) is 14.9 Å². The monoisotopic (exact) mass is 432 g/mol. The molecule has 2 fully saturated rings. The smallest absolute Gasteiger partial charge is 0.322 e. The zero-order valence-corrected chi connectivity index (χ0v) is 17.7. The highest BCUT2D eigenvalue weighted by molar-refractivity contribution is 6.08. The molecule has 164 valence electrons. The van der Waals surface area contributed by atoms with Gasteiger partial charge in [-0.05, 0) is 49.1 Å². The van der Waals surface area contributed by atoms with Crippen molar-refractivity contribution in [1.29, 1.82) is 0 Å². The van der Waals surface area contributed by atoms with Gasteiger partial charge in [0.15, 0.2) is 5.54 Å². The van der Waals surface area contributed by atoms with Crippen LogP contribution in [-0.4, -0.2) is 47.6 Å². The number of H-pyrrole nitrogens is 1. The van der Waals surface area contributed by atoms with Crippen molar-refractivity contribution in [2.75, 3.05) is 13.2 Å². The first-order valence-corrected chi connectivity index (χ1v) is 10.6. The SMILES string of the molecule is Cc1[nH]c2ccccc2c1Cc1ccc(C(=O)N[C@@H]2CCOC[C@]23NC(=O)NC3=O)cc1. The summed E-state index contributed by atoms with van der Waals surface area (Å²) in [5.41, 5.74) is 3.82. The predicted molar refractivity (Wildman–Crippen MR) is 118 cm³/mol. The highest BCUT2D eigenvalue weighted by Gasteiger charge is 2.54. The molecular formula is C24H24N4O4. The standard InChI is InChI=1S/C24H24N4O4/c1-14-18(17-4-2-3-5-19(17)25-14)12-15-6-8-16(9-7-15)21(29)26-20-10-11-32-13-24(20)22(30)27-23(31)28-24/h2-9,20,25H,10-13H2,1H3,(H,26,29)(H2,27,28,30,31)/t20-,24+/m1/s1. The molecule has 1 aromatic heterocycles. The maximum atomic E-state index is 12.9. The fourth-order valence-corrected chi connectivity index (χ4v) is 4.61. The van der Waals surface area contributed by atoms with Crippen molar-refractivity contribution >= 4 is 28.7 Å². The van der Waals surface area contributed by atoms with E-state index in [1.54, 1.807) is 12.1 Å². The summed E-state index contributed by atoms with van der Waals surface area (Å²) in [6, 6.07) is 14.6. The molecule has 5 rings (SSSR count). The minimum atomic E-state index is -1.27. The molecule has 2 aliphatic heterocycles. The average Bonchev–Trinajstić information content (AvgIpc) is 3.25. The van der Waals surface area contributed by atoms with Gasteiger partial charge in [-0.1, -0.05) is 30.3 Å². The lowest BCUT2D eigenvalue weighted by molar-refractivity contribution is -0.130. The summed E-state index contributed by atoms with van der Waals surface area (Å²) in [6.45, 7) is 2.50. The van der Waals surface area contributed by atoms with Crippen molar-refractivity contribution < 1.29 is 19.1 Å². The molecule has 8 heteroatoms. The molecule has 0 unspecified atom stereocenters. The van der Waals surface area contributed by atoms with E-state index in [-0.39, 0.29) is 12.5 Å². The number of para-hydroxylation sites is 1. The third-order valence-electron chi connectivity index (χ3n) is 6.37. The van der Waals surface area contributed by atoms with E-state index in [0.29, 0.717) is 18.6 Å². The van der Waals surface area contributed by atoms with E-state index in [0.717, 1.165) is 23.2 Å². The van der Waals surface area contributed by atoms with E-state index < -0.39 is 23.5 Å². The van der Waals surface area contributed by atoms with Gasteiger partial charge in [-0.15, -0.1) is 0 Å². The van der Waals surface area contributed by atoms with Crippen molar-refractivity contribution in [3.63, 3.8) is 0 Å². The number of benzene rings is 2. The number of imide groups is 1. The van der Waals surface area contributed by atoms with Crippen molar-refractivity contribution in [3.8, 4) is 0 Å². The maximum Gasteiger partial charge on any atom is 0.322 e. The first-order valence-electron chi connectivity index (χ1n) is 10.6. The maximum absolute atomic E-state index is 12.9. The molecule has 4 amide bonds. The molecular weight excluding hydrogens is 408 g/mol. The lowest BCUT2D eigenvalue weighted by Crippen LogP contribution is -2.67.